The second kappa shape index (κ2) is 13.4. The minimum atomic E-state index is -3.29. The van der Waals surface area contributed by atoms with Crippen LogP contribution in [0.5, 0.6) is 5.75 Å². The fourth-order valence-corrected chi connectivity index (χ4v) is 3.24. The second-order valence-electron chi connectivity index (χ2n) is 6.07. The Bertz CT molecular complexity index is 861. The number of ether oxygens (including phenoxy) is 1. The Hall–Kier alpha value is -1.85. The Labute approximate surface area is 190 Å². The van der Waals surface area contributed by atoms with Crippen molar-refractivity contribution in [3.8, 4) is 5.75 Å². The number of hydrogen-bond donors (Lipinski definition) is 3. The first-order valence-electron chi connectivity index (χ1n) is 9.21. The predicted molar refractivity (Wildman–Crippen MR) is 128 cm³/mol. The van der Waals surface area contributed by atoms with Gasteiger partial charge in [-0.05, 0) is 37.2 Å². The summed E-state index contributed by atoms with van der Waals surface area (Å²) in [7, 11) is -1.88. The predicted octanol–water partition coefficient (Wildman–Crippen LogP) is 2.49. The van der Waals surface area contributed by atoms with Crippen LogP contribution in [-0.2, 0) is 22.3 Å². The van der Waals surface area contributed by atoms with Gasteiger partial charge in [-0.2, -0.15) is 0 Å². The van der Waals surface area contributed by atoms with Crippen molar-refractivity contribution >= 4 is 40.0 Å². The van der Waals surface area contributed by atoms with Gasteiger partial charge in [0.2, 0.25) is 10.0 Å². The molecule has 0 aliphatic carbocycles. The molecule has 2 aromatic carbocycles. The number of para-hydroxylation sites is 1. The number of halogens is 1. The van der Waals surface area contributed by atoms with Crippen molar-refractivity contribution in [1.29, 1.82) is 0 Å². The van der Waals surface area contributed by atoms with Crippen LogP contribution < -0.4 is 20.1 Å². The fraction of sp³-hybridized carbons (Fsp3) is 0.350. The second-order valence-corrected chi connectivity index (χ2v) is 7.99. The third kappa shape index (κ3) is 9.95. The van der Waals surface area contributed by atoms with Crippen LogP contribution in [-0.4, -0.2) is 41.1 Å². The lowest BCUT2D eigenvalue weighted by atomic mass is 10.1. The highest BCUT2D eigenvalue weighted by Crippen LogP contribution is 2.10. The van der Waals surface area contributed by atoms with Crippen LogP contribution in [0.1, 0.15) is 18.1 Å². The molecule has 0 amide bonds. The standard InChI is InChI=1S/C20H28N4O3S.HI/c1-3-22-20(23-12-13-27-19-10-5-4-6-11-19)24-15-17-8-7-9-18(14-17)16-28(25,26)21-2;/h4-11,14,21H,3,12-13,15-16H2,1-2H3,(H2,22,23,24);1H. The summed E-state index contributed by atoms with van der Waals surface area (Å²) in [5.41, 5.74) is 1.68. The largest absolute Gasteiger partial charge is 0.492 e. The lowest BCUT2D eigenvalue weighted by Crippen LogP contribution is -2.39. The van der Waals surface area contributed by atoms with Gasteiger partial charge in [0.25, 0.3) is 0 Å². The van der Waals surface area contributed by atoms with E-state index in [1.54, 1.807) is 6.07 Å². The highest BCUT2D eigenvalue weighted by atomic mass is 127. The fourth-order valence-electron chi connectivity index (χ4n) is 2.48. The number of nitrogens with zero attached hydrogens (tertiary/aromatic N) is 1. The normalized spacial score (nSPS) is 11.4. The molecule has 0 heterocycles. The Morgan fingerprint density at radius 2 is 1.76 bits per heavy atom. The summed E-state index contributed by atoms with van der Waals surface area (Å²) in [4.78, 5) is 4.56. The van der Waals surface area contributed by atoms with Gasteiger partial charge in [-0.25, -0.2) is 18.1 Å². The molecule has 2 rings (SSSR count). The van der Waals surface area contributed by atoms with Gasteiger partial charge in [-0.3, -0.25) is 0 Å². The molecule has 7 nitrogen and oxygen atoms in total. The van der Waals surface area contributed by atoms with Crippen LogP contribution in [0.3, 0.4) is 0 Å². The van der Waals surface area contributed by atoms with Crippen LogP contribution in [0, 0.1) is 0 Å². The first-order chi connectivity index (χ1) is 13.5. The molecule has 0 aliphatic heterocycles. The molecule has 0 aromatic heterocycles. The summed E-state index contributed by atoms with van der Waals surface area (Å²) in [5, 5.41) is 6.42. The van der Waals surface area contributed by atoms with E-state index in [1.165, 1.54) is 7.05 Å². The van der Waals surface area contributed by atoms with E-state index >= 15 is 0 Å². The van der Waals surface area contributed by atoms with E-state index in [0.29, 0.717) is 25.7 Å². The highest BCUT2D eigenvalue weighted by Gasteiger charge is 2.08. The van der Waals surface area contributed by atoms with Crippen LogP contribution in [0.15, 0.2) is 59.6 Å². The molecule has 3 N–H and O–H groups in total. The van der Waals surface area contributed by atoms with E-state index in [1.807, 2.05) is 55.5 Å². The first-order valence-corrected chi connectivity index (χ1v) is 10.9. The zero-order valence-electron chi connectivity index (χ0n) is 16.7. The van der Waals surface area contributed by atoms with E-state index in [0.717, 1.165) is 23.4 Å². The van der Waals surface area contributed by atoms with Gasteiger partial charge in [0.05, 0.1) is 18.8 Å². The molecule has 0 radical (unpaired) electrons. The lowest BCUT2D eigenvalue weighted by molar-refractivity contribution is 0.322. The van der Waals surface area contributed by atoms with E-state index in [2.05, 4.69) is 20.3 Å². The Morgan fingerprint density at radius 3 is 2.45 bits per heavy atom. The summed E-state index contributed by atoms with van der Waals surface area (Å²) in [5.74, 6) is 1.47. The number of aliphatic imine (C=N–C) groups is 1. The van der Waals surface area contributed by atoms with Crippen molar-refractivity contribution in [3.63, 3.8) is 0 Å². The molecule has 29 heavy (non-hydrogen) atoms. The average Bonchev–Trinajstić information content (AvgIpc) is 2.70. The van der Waals surface area contributed by atoms with Crippen LogP contribution in [0.25, 0.3) is 0 Å². The van der Waals surface area contributed by atoms with Crippen molar-refractivity contribution in [3.05, 3.63) is 65.7 Å². The molecule has 9 heteroatoms. The molecule has 0 unspecified atom stereocenters. The average molecular weight is 532 g/mol. The molecular weight excluding hydrogens is 503 g/mol. The monoisotopic (exact) mass is 532 g/mol. The molecule has 0 atom stereocenters. The molecular formula is C20H29IN4O3S. The quantitative estimate of drug-likeness (QED) is 0.189. The molecule has 0 aliphatic rings. The Kier molecular flexibility index (Phi) is 11.6. The van der Waals surface area contributed by atoms with Gasteiger partial charge in [0.15, 0.2) is 5.96 Å². The maximum absolute atomic E-state index is 11.7. The zero-order valence-corrected chi connectivity index (χ0v) is 19.9. The lowest BCUT2D eigenvalue weighted by Gasteiger charge is -2.12. The Morgan fingerprint density at radius 1 is 1.03 bits per heavy atom. The summed E-state index contributed by atoms with van der Waals surface area (Å²) in [6.45, 7) is 4.32. The molecule has 2 aromatic rings. The third-order valence-electron chi connectivity index (χ3n) is 3.83. The highest BCUT2D eigenvalue weighted by molar-refractivity contribution is 14.0. The van der Waals surface area contributed by atoms with Crippen LogP contribution >= 0.6 is 24.0 Å². The minimum absolute atomic E-state index is 0. The SMILES string of the molecule is CCNC(=NCc1cccc(CS(=O)(=O)NC)c1)NCCOc1ccccc1.I. The molecule has 160 valence electrons. The molecule has 0 saturated carbocycles. The van der Waals surface area contributed by atoms with E-state index in [-0.39, 0.29) is 29.7 Å². The molecule has 0 bridgehead atoms. The van der Waals surface area contributed by atoms with Crippen molar-refractivity contribution in [2.24, 2.45) is 4.99 Å². The third-order valence-corrected chi connectivity index (χ3v) is 5.16. The van der Waals surface area contributed by atoms with Gasteiger partial charge < -0.3 is 15.4 Å². The van der Waals surface area contributed by atoms with Crippen molar-refractivity contribution in [1.82, 2.24) is 15.4 Å². The number of hydrogen-bond acceptors (Lipinski definition) is 4. The number of rotatable bonds is 10. The van der Waals surface area contributed by atoms with Gasteiger partial charge >= 0.3 is 0 Å². The van der Waals surface area contributed by atoms with Gasteiger partial charge in [-0.15, -0.1) is 24.0 Å². The van der Waals surface area contributed by atoms with Crippen molar-refractivity contribution in [2.45, 2.75) is 19.2 Å². The molecule has 0 fully saturated rings. The molecule has 0 saturated heterocycles. The van der Waals surface area contributed by atoms with E-state index in [9.17, 15) is 8.42 Å². The number of benzene rings is 2. The van der Waals surface area contributed by atoms with Crippen LogP contribution in [0.2, 0.25) is 0 Å². The minimum Gasteiger partial charge on any atom is -0.492 e. The summed E-state index contributed by atoms with van der Waals surface area (Å²) in [6, 6.07) is 17.1. The summed E-state index contributed by atoms with van der Waals surface area (Å²) >= 11 is 0. The van der Waals surface area contributed by atoms with Crippen LogP contribution in [0.4, 0.5) is 0 Å². The van der Waals surface area contributed by atoms with E-state index in [4.69, 9.17) is 4.74 Å². The molecule has 0 spiro atoms. The van der Waals surface area contributed by atoms with E-state index < -0.39 is 10.0 Å². The first kappa shape index (κ1) is 25.2. The van der Waals surface area contributed by atoms with Crippen molar-refractivity contribution < 1.29 is 13.2 Å². The Balaban J connectivity index is 0.00000420. The summed E-state index contributed by atoms with van der Waals surface area (Å²) < 4.78 is 31.4. The topological polar surface area (TPSA) is 91.8 Å². The smallest absolute Gasteiger partial charge is 0.215 e. The van der Waals surface area contributed by atoms with Gasteiger partial charge in [-0.1, -0.05) is 42.5 Å². The number of guanidine groups is 1. The van der Waals surface area contributed by atoms with Gasteiger partial charge in [0.1, 0.15) is 12.4 Å². The summed E-state index contributed by atoms with van der Waals surface area (Å²) in [6.07, 6.45) is 0. The number of nitrogens with one attached hydrogen (secondary N) is 3. The maximum Gasteiger partial charge on any atom is 0.215 e. The van der Waals surface area contributed by atoms with Crippen molar-refractivity contribution in [2.75, 3.05) is 26.7 Å². The maximum atomic E-state index is 11.7. The van der Waals surface area contributed by atoms with Gasteiger partial charge in [0, 0.05) is 6.54 Å². The number of sulfonamides is 1. The zero-order chi connectivity index (χ0) is 20.2.